The minimum Gasteiger partial charge on any atom is -0.462 e. The highest BCUT2D eigenvalue weighted by Crippen LogP contribution is 2.27. The van der Waals surface area contributed by atoms with Gasteiger partial charge in [0.1, 0.15) is 0 Å². The average molecular weight is 338 g/mol. The second kappa shape index (κ2) is 12.8. The van der Waals surface area contributed by atoms with Crippen LogP contribution in [0.4, 0.5) is 0 Å². The van der Waals surface area contributed by atoms with Gasteiger partial charge in [0.15, 0.2) is 0 Å². The molecule has 0 aromatic heterocycles. The Morgan fingerprint density at radius 1 is 0.667 bits per heavy atom. The van der Waals surface area contributed by atoms with Crippen LogP contribution in [0.2, 0.25) is 0 Å². The van der Waals surface area contributed by atoms with Gasteiger partial charge in [-0.05, 0) is 53.4 Å². The first-order chi connectivity index (χ1) is 11.4. The Morgan fingerprint density at radius 3 is 1.25 bits per heavy atom. The van der Waals surface area contributed by atoms with Gasteiger partial charge in [-0.2, -0.15) is 0 Å². The second-order valence-corrected chi connectivity index (χ2v) is 5.96. The minimum atomic E-state index is -0.426. The molecule has 0 N–H and O–H groups in total. The van der Waals surface area contributed by atoms with Crippen molar-refractivity contribution < 1.29 is 19.1 Å². The van der Waals surface area contributed by atoms with Crippen LogP contribution in [0.25, 0.3) is 0 Å². The van der Waals surface area contributed by atoms with Crippen LogP contribution in [0.1, 0.15) is 80.1 Å². The fraction of sp³-hybridized carbons (Fsp3) is 0.700. The lowest BCUT2D eigenvalue weighted by Crippen LogP contribution is -2.20. The molecular formula is C20H34O4. The van der Waals surface area contributed by atoms with Crippen molar-refractivity contribution in [1.82, 2.24) is 0 Å². The Bertz CT molecular complexity index is 428. The highest BCUT2D eigenvalue weighted by molar-refractivity contribution is 6.08. The number of carbonyl (C=O) groups is 2. The van der Waals surface area contributed by atoms with Crippen molar-refractivity contribution in [3.05, 3.63) is 22.3 Å². The van der Waals surface area contributed by atoms with Crippen molar-refractivity contribution in [2.24, 2.45) is 0 Å². The van der Waals surface area contributed by atoms with E-state index in [-0.39, 0.29) is 13.2 Å². The maximum absolute atomic E-state index is 12.6. The quantitative estimate of drug-likeness (QED) is 0.298. The van der Waals surface area contributed by atoms with Crippen LogP contribution >= 0.6 is 0 Å². The standard InChI is InChI=1S/C20H34O4/c1-7-11-13-15(5)17(19(21)23-9-3)18(20(22)24-10-4)16(6)14-12-8-2/h7-14H2,1-6H3/b17-15+,18-16+. The van der Waals surface area contributed by atoms with Crippen LogP contribution in [0.15, 0.2) is 22.3 Å². The highest BCUT2D eigenvalue weighted by Gasteiger charge is 2.27. The van der Waals surface area contributed by atoms with E-state index in [0.717, 1.165) is 49.7 Å². The normalized spacial score (nSPS) is 13.1. The molecule has 138 valence electrons. The third-order valence-corrected chi connectivity index (χ3v) is 3.87. The van der Waals surface area contributed by atoms with Crippen molar-refractivity contribution >= 4 is 11.9 Å². The predicted molar refractivity (Wildman–Crippen MR) is 97.7 cm³/mol. The van der Waals surface area contributed by atoms with Crippen LogP contribution in [0, 0.1) is 0 Å². The number of carbonyl (C=O) groups excluding carboxylic acids is 2. The summed E-state index contributed by atoms with van der Waals surface area (Å²) in [5.41, 5.74) is 2.60. The molecule has 0 spiro atoms. The molecule has 24 heavy (non-hydrogen) atoms. The van der Waals surface area contributed by atoms with Gasteiger partial charge in [0.2, 0.25) is 0 Å². The number of rotatable bonds is 11. The Morgan fingerprint density at radius 2 is 1.00 bits per heavy atom. The van der Waals surface area contributed by atoms with E-state index >= 15 is 0 Å². The zero-order valence-electron chi connectivity index (χ0n) is 16.3. The summed E-state index contributed by atoms with van der Waals surface area (Å²) in [5.74, 6) is -0.852. The van der Waals surface area contributed by atoms with E-state index in [1.54, 1.807) is 13.8 Å². The first-order valence-corrected chi connectivity index (χ1v) is 9.18. The molecule has 0 bridgehead atoms. The van der Waals surface area contributed by atoms with E-state index in [1.165, 1.54) is 0 Å². The zero-order valence-corrected chi connectivity index (χ0v) is 16.3. The highest BCUT2D eigenvalue weighted by atomic mass is 16.5. The summed E-state index contributed by atoms with van der Waals surface area (Å²) >= 11 is 0. The molecule has 0 aliphatic heterocycles. The SMILES string of the molecule is CCCC/C(C)=C(C(=O)OCC)\C(C(=O)OCC)=C(\C)CCCC. The summed E-state index contributed by atoms with van der Waals surface area (Å²) in [7, 11) is 0. The number of hydrogen-bond donors (Lipinski definition) is 0. The molecule has 0 saturated heterocycles. The van der Waals surface area contributed by atoms with Crippen molar-refractivity contribution in [3.8, 4) is 0 Å². The third-order valence-electron chi connectivity index (χ3n) is 3.87. The Kier molecular flexibility index (Phi) is 12.0. The van der Waals surface area contributed by atoms with Crippen LogP contribution in [-0.4, -0.2) is 25.2 Å². The number of ether oxygens (including phenoxy) is 2. The first-order valence-electron chi connectivity index (χ1n) is 9.18. The van der Waals surface area contributed by atoms with E-state index in [1.807, 2.05) is 13.8 Å². The van der Waals surface area contributed by atoms with E-state index < -0.39 is 11.9 Å². The van der Waals surface area contributed by atoms with Gasteiger partial charge >= 0.3 is 11.9 Å². The summed E-state index contributed by atoms with van der Waals surface area (Å²) in [4.78, 5) is 25.1. The molecule has 0 aromatic carbocycles. The summed E-state index contributed by atoms with van der Waals surface area (Å²) in [6.45, 7) is 12.1. The van der Waals surface area contributed by atoms with Crippen molar-refractivity contribution in [2.45, 2.75) is 80.1 Å². The Labute approximate surface area is 147 Å². The molecule has 0 rings (SSSR count). The molecule has 0 saturated carbocycles. The third kappa shape index (κ3) is 7.33. The molecule has 0 aliphatic carbocycles. The molecule has 4 nitrogen and oxygen atoms in total. The summed E-state index contributed by atoms with van der Waals surface area (Å²) in [6, 6.07) is 0. The fourth-order valence-electron chi connectivity index (χ4n) is 2.52. The van der Waals surface area contributed by atoms with E-state index in [0.29, 0.717) is 11.1 Å². The number of unbranched alkanes of at least 4 members (excludes halogenated alkanes) is 2. The monoisotopic (exact) mass is 338 g/mol. The summed E-state index contributed by atoms with van der Waals surface area (Å²) in [5, 5.41) is 0. The molecule has 0 aromatic rings. The number of allylic oxidation sites excluding steroid dienone is 2. The minimum absolute atomic E-state index is 0.285. The van der Waals surface area contributed by atoms with Gasteiger partial charge in [0.05, 0.1) is 24.4 Å². The smallest absolute Gasteiger partial charge is 0.338 e. The average Bonchev–Trinajstić information content (AvgIpc) is 2.55. The van der Waals surface area contributed by atoms with E-state index in [4.69, 9.17) is 9.47 Å². The second-order valence-electron chi connectivity index (χ2n) is 5.96. The maximum Gasteiger partial charge on any atom is 0.338 e. The van der Waals surface area contributed by atoms with Crippen LogP contribution in [-0.2, 0) is 19.1 Å². The van der Waals surface area contributed by atoms with Crippen LogP contribution < -0.4 is 0 Å². The lowest BCUT2D eigenvalue weighted by atomic mass is 9.92. The molecule has 0 radical (unpaired) electrons. The van der Waals surface area contributed by atoms with Crippen molar-refractivity contribution in [3.63, 3.8) is 0 Å². The molecule has 0 heterocycles. The fourth-order valence-corrected chi connectivity index (χ4v) is 2.52. The van der Waals surface area contributed by atoms with Crippen molar-refractivity contribution in [2.75, 3.05) is 13.2 Å². The molecule has 0 fully saturated rings. The van der Waals surface area contributed by atoms with E-state index in [2.05, 4.69) is 13.8 Å². The molecule has 0 atom stereocenters. The van der Waals surface area contributed by atoms with Gasteiger partial charge in [-0.1, -0.05) is 37.8 Å². The van der Waals surface area contributed by atoms with Gasteiger partial charge < -0.3 is 9.47 Å². The van der Waals surface area contributed by atoms with Gasteiger partial charge in [-0.3, -0.25) is 0 Å². The molecular weight excluding hydrogens is 304 g/mol. The molecule has 0 unspecified atom stereocenters. The largest absolute Gasteiger partial charge is 0.462 e. The molecule has 0 amide bonds. The maximum atomic E-state index is 12.6. The van der Waals surface area contributed by atoms with E-state index in [9.17, 15) is 9.59 Å². The lowest BCUT2D eigenvalue weighted by molar-refractivity contribution is -0.142. The Balaban J connectivity index is 6.05. The lowest BCUT2D eigenvalue weighted by Gasteiger charge is -2.17. The zero-order chi connectivity index (χ0) is 18.5. The van der Waals surface area contributed by atoms with Crippen molar-refractivity contribution in [1.29, 1.82) is 0 Å². The topological polar surface area (TPSA) is 52.6 Å². The summed E-state index contributed by atoms with van der Waals surface area (Å²) in [6.07, 6.45) is 5.54. The first kappa shape index (κ1) is 22.4. The number of esters is 2. The molecule has 0 aliphatic rings. The van der Waals surface area contributed by atoms with Crippen LogP contribution in [0.3, 0.4) is 0 Å². The van der Waals surface area contributed by atoms with Gasteiger partial charge in [0, 0.05) is 0 Å². The number of hydrogen-bond acceptors (Lipinski definition) is 4. The van der Waals surface area contributed by atoms with Gasteiger partial charge in [-0.15, -0.1) is 0 Å². The van der Waals surface area contributed by atoms with Gasteiger partial charge in [-0.25, -0.2) is 9.59 Å². The molecule has 4 heteroatoms. The predicted octanol–water partition coefficient (Wildman–Crippen LogP) is 5.13. The van der Waals surface area contributed by atoms with Crippen LogP contribution in [0.5, 0.6) is 0 Å². The Hall–Kier alpha value is -1.58. The van der Waals surface area contributed by atoms with Gasteiger partial charge in [0.25, 0.3) is 0 Å². The summed E-state index contributed by atoms with van der Waals surface area (Å²) < 4.78 is 10.5.